The Labute approximate surface area is 133 Å². The number of imidazole rings is 1. The van der Waals surface area contributed by atoms with Crippen molar-refractivity contribution in [3.05, 3.63) is 60.6 Å². The molecule has 0 aromatic carbocycles. The monoisotopic (exact) mass is 305 g/mol. The molecule has 0 aliphatic carbocycles. The summed E-state index contributed by atoms with van der Waals surface area (Å²) in [7, 11) is 0. The molecule has 1 amide bonds. The quantitative estimate of drug-likeness (QED) is 0.807. The Morgan fingerprint density at radius 1 is 1.22 bits per heavy atom. The SMILES string of the molecule is O=C(Nc1cc(-c2cccnc2)ccn1)c1cn2c(n1)CCC2. The number of rotatable bonds is 3. The Bertz CT molecular complexity index is 835. The van der Waals surface area contributed by atoms with Crippen LogP contribution in [0.15, 0.2) is 49.1 Å². The molecule has 0 spiro atoms. The summed E-state index contributed by atoms with van der Waals surface area (Å²) in [6, 6.07) is 7.56. The number of pyridine rings is 2. The number of aryl methyl sites for hydroxylation is 2. The van der Waals surface area contributed by atoms with E-state index in [1.807, 2.05) is 35.0 Å². The highest BCUT2D eigenvalue weighted by Crippen LogP contribution is 2.20. The van der Waals surface area contributed by atoms with Crippen LogP contribution < -0.4 is 5.32 Å². The number of hydrogen-bond acceptors (Lipinski definition) is 4. The van der Waals surface area contributed by atoms with Gasteiger partial charge in [0.25, 0.3) is 5.91 Å². The van der Waals surface area contributed by atoms with Gasteiger partial charge in [-0.1, -0.05) is 6.07 Å². The van der Waals surface area contributed by atoms with E-state index in [0.29, 0.717) is 11.5 Å². The van der Waals surface area contributed by atoms with Crippen LogP contribution >= 0.6 is 0 Å². The van der Waals surface area contributed by atoms with Gasteiger partial charge in [-0.15, -0.1) is 0 Å². The molecule has 1 N–H and O–H groups in total. The lowest BCUT2D eigenvalue weighted by atomic mass is 10.1. The van der Waals surface area contributed by atoms with E-state index in [0.717, 1.165) is 36.3 Å². The van der Waals surface area contributed by atoms with Gasteiger partial charge in [0, 0.05) is 43.3 Å². The van der Waals surface area contributed by atoms with Crippen LogP contribution in [0.1, 0.15) is 22.7 Å². The average Bonchev–Trinajstić information content (AvgIpc) is 3.18. The zero-order valence-corrected chi connectivity index (χ0v) is 12.4. The molecule has 0 saturated heterocycles. The molecule has 0 unspecified atom stereocenters. The van der Waals surface area contributed by atoms with Crippen LogP contribution in [-0.2, 0) is 13.0 Å². The number of nitrogens with one attached hydrogen (secondary N) is 1. The topological polar surface area (TPSA) is 72.7 Å². The maximum Gasteiger partial charge on any atom is 0.277 e. The van der Waals surface area contributed by atoms with E-state index < -0.39 is 0 Å². The number of carbonyl (C=O) groups is 1. The largest absolute Gasteiger partial charge is 0.334 e. The van der Waals surface area contributed by atoms with Crippen LogP contribution in [0.3, 0.4) is 0 Å². The van der Waals surface area contributed by atoms with E-state index in [9.17, 15) is 4.79 Å². The van der Waals surface area contributed by atoms with Crippen molar-refractivity contribution < 1.29 is 4.79 Å². The van der Waals surface area contributed by atoms with Crippen LogP contribution in [0.25, 0.3) is 11.1 Å². The van der Waals surface area contributed by atoms with Crippen molar-refractivity contribution in [3.8, 4) is 11.1 Å². The van der Waals surface area contributed by atoms with E-state index in [1.54, 1.807) is 18.6 Å². The summed E-state index contributed by atoms with van der Waals surface area (Å²) in [5.74, 6) is 1.25. The van der Waals surface area contributed by atoms with E-state index in [4.69, 9.17) is 0 Å². The van der Waals surface area contributed by atoms with Gasteiger partial charge in [0.15, 0.2) is 0 Å². The second-order valence-electron chi connectivity index (χ2n) is 5.46. The molecule has 0 saturated carbocycles. The van der Waals surface area contributed by atoms with Crippen LogP contribution in [-0.4, -0.2) is 25.4 Å². The summed E-state index contributed by atoms with van der Waals surface area (Å²) in [5.41, 5.74) is 2.37. The first kappa shape index (κ1) is 13.6. The number of hydrogen-bond donors (Lipinski definition) is 1. The van der Waals surface area contributed by atoms with Crippen LogP contribution in [0.2, 0.25) is 0 Å². The third-order valence-electron chi connectivity index (χ3n) is 3.89. The average molecular weight is 305 g/mol. The highest BCUT2D eigenvalue weighted by Gasteiger charge is 2.18. The van der Waals surface area contributed by atoms with E-state index >= 15 is 0 Å². The predicted octanol–water partition coefficient (Wildman–Crippen LogP) is 2.54. The molecule has 0 fully saturated rings. The van der Waals surface area contributed by atoms with Gasteiger partial charge < -0.3 is 9.88 Å². The molecule has 0 radical (unpaired) electrons. The number of amides is 1. The van der Waals surface area contributed by atoms with Gasteiger partial charge in [0.05, 0.1) is 0 Å². The summed E-state index contributed by atoms with van der Waals surface area (Å²) >= 11 is 0. The molecule has 0 bridgehead atoms. The fraction of sp³-hybridized carbons (Fsp3) is 0.176. The van der Waals surface area contributed by atoms with Gasteiger partial charge in [-0.3, -0.25) is 9.78 Å². The second kappa shape index (κ2) is 5.64. The van der Waals surface area contributed by atoms with Gasteiger partial charge >= 0.3 is 0 Å². The maximum absolute atomic E-state index is 12.3. The number of fused-ring (bicyclic) bond motifs is 1. The first-order valence-electron chi connectivity index (χ1n) is 7.53. The Balaban J connectivity index is 1.55. The molecule has 0 atom stereocenters. The first-order valence-corrected chi connectivity index (χ1v) is 7.53. The lowest BCUT2D eigenvalue weighted by molar-refractivity contribution is 0.102. The first-order chi connectivity index (χ1) is 11.3. The Hall–Kier alpha value is -3.02. The summed E-state index contributed by atoms with van der Waals surface area (Å²) in [5, 5.41) is 2.81. The minimum atomic E-state index is -0.234. The van der Waals surface area contributed by atoms with Gasteiger partial charge in [-0.05, 0) is 30.2 Å². The van der Waals surface area contributed by atoms with E-state index in [2.05, 4.69) is 20.3 Å². The minimum Gasteiger partial charge on any atom is -0.334 e. The van der Waals surface area contributed by atoms with Crippen molar-refractivity contribution in [1.29, 1.82) is 0 Å². The maximum atomic E-state index is 12.3. The second-order valence-corrected chi connectivity index (χ2v) is 5.46. The molecular weight excluding hydrogens is 290 g/mol. The van der Waals surface area contributed by atoms with Crippen LogP contribution in [0, 0.1) is 0 Å². The molecule has 4 rings (SSSR count). The number of nitrogens with zero attached hydrogens (tertiary/aromatic N) is 4. The third kappa shape index (κ3) is 2.70. The smallest absolute Gasteiger partial charge is 0.277 e. The third-order valence-corrected chi connectivity index (χ3v) is 3.89. The summed E-state index contributed by atoms with van der Waals surface area (Å²) in [6.45, 7) is 0.935. The Morgan fingerprint density at radius 3 is 3.00 bits per heavy atom. The minimum absolute atomic E-state index is 0.234. The Morgan fingerprint density at radius 2 is 2.17 bits per heavy atom. The highest BCUT2D eigenvalue weighted by molar-refractivity contribution is 6.02. The van der Waals surface area contributed by atoms with E-state index in [-0.39, 0.29) is 5.91 Å². The standard InChI is InChI=1S/C17H15N5O/c23-17(14-11-22-8-2-4-16(22)20-14)21-15-9-12(5-7-19-15)13-3-1-6-18-10-13/h1,3,5-7,9-11H,2,4,8H2,(H,19,21,23). The lowest BCUT2D eigenvalue weighted by Crippen LogP contribution is -2.13. The molecule has 1 aliphatic rings. The normalized spacial score (nSPS) is 12.9. The highest BCUT2D eigenvalue weighted by atomic mass is 16.2. The van der Waals surface area contributed by atoms with Crippen molar-refractivity contribution in [1.82, 2.24) is 19.5 Å². The molecular formula is C17H15N5O. The van der Waals surface area contributed by atoms with Crippen molar-refractivity contribution in [2.45, 2.75) is 19.4 Å². The molecule has 6 nitrogen and oxygen atoms in total. The zero-order valence-electron chi connectivity index (χ0n) is 12.4. The fourth-order valence-electron chi connectivity index (χ4n) is 2.76. The van der Waals surface area contributed by atoms with Crippen molar-refractivity contribution in [2.24, 2.45) is 0 Å². The van der Waals surface area contributed by atoms with Crippen LogP contribution in [0.4, 0.5) is 5.82 Å². The van der Waals surface area contributed by atoms with Crippen molar-refractivity contribution in [2.75, 3.05) is 5.32 Å². The molecule has 3 aromatic rings. The molecule has 114 valence electrons. The number of carbonyl (C=O) groups excluding carboxylic acids is 1. The van der Waals surface area contributed by atoms with Gasteiger partial charge in [-0.25, -0.2) is 9.97 Å². The van der Waals surface area contributed by atoms with Crippen molar-refractivity contribution in [3.63, 3.8) is 0 Å². The summed E-state index contributed by atoms with van der Waals surface area (Å²) in [4.78, 5) is 25.0. The fourth-order valence-corrected chi connectivity index (χ4v) is 2.76. The Kier molecular flexibility index (Phi) is 3.34. The molecule has 3 aromatic heterocycles. The summed E-state index contributed by atoms with van der Waals surface area (Å²) < 4.78 is 2.04. The number of anilines is 1. The van der Waals surface area contributed by atoms with Crippen molar-refractivity contribution >= 4 is 11.7 Å². The number of aromatic nitrogens is 4. The van der Waals surface area contributed by atoms with Gasteiger partial charge in [0.1, 0.15) is 17.3 Å². The predicted molar refractivity (Wildman–Crippen MR) is 86.0 cm³/mol. The summed E-state index contributed by atoms with van der Waals surface area (Å²) in [6.07, 6.45) is 9.01. The van der Waals surface area contributed by atoms with Crippen LogP contribution in [0.5, 0.6) is 0 Å². The zero-order chi connectivity index (χ0) is 15.6. The lowest BCUT2D eigenvalue weighted by Gasteiger charge is -2.05. The molecule has 4 heterocycles. The molecule has 6 heteroatoms. The molecule has 1 aliphatic heterocycles. The van der Waals surface area contributed by atoms with E-state index in [1.165, 1.54) is 0 Å². The van der Waals surface area contributed by atoms with Gasteiger partial charge in [0.2, 0.25) is 0 Å². The van der Waals surface area contributed by atoms with Gasteiger partial charge in [-0.2, -0.15) is 0 Å². The molecule has 23 heavy (non-hydrogen) atoms.